The van der Waals surface area contributed by atoms with E-state index in [1.807, 2.05) is 42.5 Å². The molecule has 0 fully saturated rings. The van der Waals surface area contributed by atoms with Crippen LogP contribution in [0.3, 0.4) is 0 Å². The lowest BCUT2D eigenvalue weighted by atomic mass is 10.0. The van der Waals surface area contributed by atoms with Gasteiger partial charge in [-0.1, -0.05) is 36.4 Å². The van der Waals surface area contributed by atoms with Gasteiger partial charge in [-0.2, -0.15) is 0 Å². The molecule has 0 saturated heterocycles. The number of carbonyl (C=O) groups excluding carboxylic acids is 1. The molecule has 3 aromatic carbocycles. The molecule has 0 saturated carbocycles. The quantitative estimate of drug-likeness (QED) is 0.517. The maximum Gasteiger partial charge on any atom is 0.269 e. The van der Waals surface area contributed by atoms with Gasteiger partial charge < -0.3 is 15.0 Å². The Morgan fingerprint density at radius 3 is 2.55 bits per heavy atom. The fraction of sp³-hybridized carbons (Fsp3) is 0.136. The highest BCUT2D eigenvalue weighted by Crippen LogP contribution is 2.35. The van der Waals surface area contributed by atoms with Crippen molar-refractivity contribution in [3.05, 3.63) is 99.6 Å². The summed E-state index contributed by atoms with van der Waals surface area (Å²) in [6.07, 6.45) is -0.528. The maximum absolute atomic E-state index is 13.3. The molecule has 1 atom stereocenters. The minimum atomic E-state index is -0.528. The number of amides is 1. The molecule has 1 aliphatic heterocycles. The van der Waals surface area contributed by atoms with E-state index in [9.17, 15) is 14.9 Å². The number of anilines is 1. The van der Waals surface area contributed by atoms with Gasteiger partial charge in [-0.15, -0.1) is 0 Å². The number of hydrogen-bond acceptors (Lipinski definition) is 5. The van der Waals surface area contributed by atoms with Crippen LogP contribution in [0.5, 0.6) is 5.75 Å². The van der Waals surface area contributed by atoms with E-state index in [1.54, 1.807) is 30.2 Å². The van der Waals surface area contributed by atoms with Gasteiger partial charge in [-0.3, -0.25) is 14.9 Å². The number of rotatable bonds is 5. The Labute approximate surface area is 167 Å². The number of fused-ring (bicyclic) bond motifs is 1. The number of benzene rings is 3. The van der Waals surface area contributed by atoms with Crippen molar-refractivity contribution in [1.29, 1.82) is 0 Å². The van der Waals surface area contributed by atoms with Crippen LogP contribution in [-0.4, -0.2) is 22.8 Å². The third-order valence-corrected chi connectivity index (χ3v) is 4.93. The highest BCUT2D eigenvalue weighted by molar-refractivity contribution is 6.01. The smallest absolute Gasteiger partial charge is 0.269 e. The van der Waals surface area contributed by atoms with E-state index >= 15 is 0 Å². The Morgan fingerprint density at radius 2 is 1.83 bits per heavy atom. The normalized spacial score (nSPS) is 15.4. The van der Waals surface area contributed by atoms with Crippen molar-refractivity contribution in [3.63, 3.8) is 0 Å². The Kier molecular flexibility index (Phi) is 4.87. The molecular formula is C22H19N3O4. The van der Waals surface area contributed by atoms with Crippen LogP contribution in [0.4, 0.5) is 11.4 Å². The second-order valence-corrected chi connectivity index (χ2v) is 6.73. The summed E-state index contributed by atoms with van der Waals surface area (Å²) < 4.78 is 5.20. The van der Waals surface area contributed by atoms with Crippen LogP contribution in [0.15, 0.2) is 72.8 Å². The van der Waals surface area contributed by atoms with E-state index in [4.69, 9.17) is 4.74 Å². The summed E-state index contributed by atoms with van der Waals surface area (Å²) in [6.45, 7) is 0.345. The zero-order valence-corrected chi connectivity index (χ0v) is 15.7. The zero-order valence-electron chi connectivity index (χ0n) is 15.7. The highest BCUT2D eigenvalue weighted by atomic mass is 16.6. The third-order valence-electron chi connectivity index (χ3n) is 4.93. The Hall–Kier alpha value is -3.87. The van der Waals surface area contributed by atoms with Crippen molar-refractivity contribution >= 4 is 17.3 Å². The molecule has 7 nitrogen and oxygen atoms in total. The molecule has 0 spiro atoms. The molecule has 0 unspecified atom stereocenters. The Morgan fingerprint density at radius 1 is 1.07 bits per heavy atom. The number of nitro groups is 1. The highest BCUT2D eigenvalue weighted by Gasteiger charge is 2.33. The van der Waals surface area contributed by atoms with Crippen LogP contribution in [-0.2, 0) is 6.54 Å². The predicted molar refractivity (Wildman–Crippen MR) is 109 cm³/mol. The molecule has 29 heavy (non-hydrogen) atoms. The summed E-state index contributed by atoms with van der Waals surface area (Å²) >= 11 is 0. The summed E-state index contributed by atoms with van der Waals surface area (Å²) in [5.41, 5.74) is 2.84. The largest absolute Gasteiger partial charge is 0.497 e. The van der Waals surface area contributed by atoms with E-state index in [0.29, 0.717) is 23.4 Å². The van der Waals surface area contributed by atoms with Crippen molar-refractivity contribution in [3.8, 4) is 5.75 Å². The number of para-hydroxylation sites is 1. The Balaban J connectivity index is 1.74. The second-order valence-electron chi connectivity index (χ2n) is 6.73. The third kappa shape index (κ3) is 3.62. The topological polar surface area (TPSA) is 84.7 Å². The number of carbonyl (C=O) groups is 1. The standard InChI is InChI=1S/C22H19N3O4/c1-29-18-11-9-15(10-12-18)14-24-21(16-5-4-6-17(13-16)25(27)28)23-20-8-3-2-7-19(20)22(24)26/h2-13,21,23H,14H2,1H3/t21-/m1/s1. The zero-order chi connectivity index (χ0) is 20.4. The van der Waals surface area contributed by atoms with Gasteiger partial charge in [0.15, 0.2) is 0 Å². The van der Waals surface area contributed by atoms with Gasteiger partial charge in [0, 0.05) is 29.9 Å². The number of methoxy groups -OCH3 is 1. The monoisotopic (exact) mass is 389 g/mol. The van der Waals surface area contributed by atoms with Gasteiger partial charge in [-0.25, -0.2) is 0 Å². The SMILES string of the molecule is COc1ccc(CN2C(=O)c3ccccc3N[C@H]2c2cccc([N+](=O)[O-])c2)cc1. The summed E-state index contributed by atoms with van der Waals surface area (Å²) in [5.74, 6) is 0.601. The molecule has 0 radical (unpaired) electrons. The summed E-state index contributed by atoms with van der Waals surface area (Å²) in [7, 11) is 1.60. The molecular weight excluding hydrogens is 370 g/mol. The maximum atomic E-state index is 13.3. The van der Waals surface area contributed by atoms with Crippen molar-refractivity contribution in [2.45, 2.75) is 12.7 Å². The molecule has 1 heterocycles. The second kappa shape index (κ2) is 7.63. The summed E-state index contributed by atoms with van der Waals surface area (Å²) in [6, 6.07) is 21.1. The predicted octanol–water partition coefficient (Wildman–Crippen LogP) is 4.37. The van der Waals surface area contributed by atoms with E-state index in [1.165, 1.54) is 12.1 Å². The van der Waals surface area contributed by atoms with E-state index < -0.39 is 11.1 Å². The van der Waals surface area contributed by atoms with Crippen molar-refractivity contribution in [1.82, 2.24) is 4.90 Å². The molecule has 7 heteroatoms. The molecule has 3 aromatic rings. The van der Waals surface area contributed by atoms with E-state index in [-0.39, 0.29) is 11.6 Å². The average Bonchev–Trinajstić information content (AvgIpc) is 2.76. The first-order valence-corrected chi connectivity index (χ1v) is 9.10. The summed E-state index contributed by atoms with van der Waals surface area (Å²) in [4.78, 5) is 25.7. The van der Waals surface area contributed by atoms with Crippen LogP contribution in [0.1, 0.15) is 27.7 Å². The number of non-ortho nitro benzene ring substituents is 1. The molecule has 0 bridgehead atoms. The van der Waals surface area contributed by atoms with Gasteiger partial charge in [0.2, 0.25) is 0 Å². The van der Waals surface area contributed by atoms with Gasteiger partial charge in [0.1, 0.15) is 11.9 Å². The number of nitro benzene ring substituents is 1. The van der Waals surface area contributed by atoms with Gasteiger partial charge in [0.25, 0.3) is 11.6 Å². The number of nitrogens with zero attached hydrogens (tertiary/aromatic N) is 2. The molecule has 4 rings (SSSR count). The van der Waals surface area contributed by atoms with Crippen LogP contribution in [0, 0.1) is 10.1 Å². The van der Waals surface area contributed by atoms with Crippen LogP contribution in [0.2, 0.25) is 0 Å². The minimum Gasteiger partial charge on any atom is -0.497 e. The van der Waals surface area contributed by atoms with Crippen LogP contribution in [0.25, 0.3) is 0 Å². The van der Waals surface area contributed by atoms with E-state index in [2.05, 4.69) is 5.32 Å². The molecule has 1 aliphatic rings. The van der Waals surface area contributed by atoms with Gasteiger partial charge in [-0.05, 0) is 29.8 Å². The molecule has 1 N–H and O–H groups in total. The lowest BCUT2D eigenvalue weighted by Crippen LogP contribution is -2.42. The van der Waals surface area contributed by atoms with Crippen molar-refractivity contribution in [2.24, 2.45) is 0 Å². The lowest BCUT2D eigenvalue weighted by Gasteiger charge is -2.38. The first kappa shape index (κ1) is 18.5. The van der Waals surface area contributed by atoms with Gasteiger partial charge >= 0.3 is 0 Å². The molecule has 146 valence electrons. The molecule has 0 aromatic heterocycles. The molecule has 1 amide bonds. The Bertz CT molecular complexity index is 1070. The lowest BCUT2D eigenvalue weighted by molar-refractivity contribution is -0.384. The minimum absolute atomic E-state index is 0.0139. The number of nitrogens with one attached hydrogen (secondary N) is 1. The fourth-order valence-electron chi connectivity index (χ4n) is 3.46. The first-order chi connectivity index (χ1) is 14.1. The van der Waals surface area contributed by atoms with Gasteiger partial charge in [0.05, 0.1) is 17.6 Å². The number of hydrogen-bond donors (Lipinski definition) is 1. The summed E-state index contributed by atoms with van der Waals surface area (Å²) in [5, 5.41) is 14.6. The van der Waals surface area contributed by atoms with Crippen LogP contribution >= 0.6 is 0 Å². The molecule has 0 aliphatic carbocycles. The fourth-order valence-corrected chi connectivity index (χ4v) is 3.46. The number of ether oxygens (including phenoxy) is 1. The average molecular weight is 389 g/mol. The van der Waals surface area contributed by atoms with Crippen molar-refractivity contribution < 1.29 is 14.5 Å². The first-order valence-electron chi connectivity index (χ1n) is 9.10. The van der Waals surface area contributed by atoms with Crippen LogP contribution < -0.4 is 10.1 Å². The van der Waals surface area contributed by atoms with E-state index in [0.717, 1.165) is 11.3 Å². The van der Waals surface area contributed by atoms with Crippen molar-refractivity contribution in [2.75, 3.05) is 12.4 Å².